The highest BCUT2D eigenvalue weighted by Gasteiger charge is 2.07. The molecule has 0 aliphatic rings. The average Bonchev–Trinajstić information content (AvgIpc) is 2.42. The van der Waals surface area contributed by atoms with Crippen LogP contribution in [-0.2, 0) is 0 Å². The predicted octanol–water partition coefficient (Wildman–Crippen LogP) is 2.93. The summed E-state index contributed by atoms with van der Waals surface area (Å²) >= 11 is 0. The quantitative estimate of drug-likeness (QED) is 0.802. The van der Waals surface area contributed by atoms with E-state index in [2.05, 4.69) is 4.98 Å². The van der Waals surface area contributed by atoms with E-state index in [9.17, 15) is 0 Å². The summed E-state index contributed by atoms with van der Waals surface area (Å²) in [5.41, 5.74) is 1.62. The molecule has 0 spiro atoms. The van der Waals surface area contributed by atoms with Crippen molar-refractivity contribution in [1.29, 1.82) is 10.5 Å². The Labute approximate surface area is 105 Å². The minimum Gasteiger partial charge on any atom is -0.454 e. The number of benzene rings is 1. The number of rotatable bonds is 2. The highest BCUT2D eigenvalue weighted by molar-refractivity contribution is 5.46. The van der Waals surface area contributed by atoms with E-state index in [1.165, 1.54) is 6.20 Å². The van der Waals surface area contributed by atoms with Crippen molar-refractivity contribution >= 4 is 0 Å². The second kappa shape index (κ2) is 4.99. The first-order valence-electron chi connectivity index (χ1n) is 5.28. The van der Waals surface area contributed by atoms with Gasteiger partial charge in [-0.15, -0.1) is 0 Å². The second-order valence-corrected chi connectivity index (χ2v) is 3.66. The van der Waals surface area contributed by atoms with Crippen LogP contribution in [0.2, 0.25) is 0 Å². The molecule has 0 fully saturated rings. The zero-order valence-corrected chi connectivity index (χ0v) is 9.71. The molecule has 0 saturated heterocycles. The molecule has 2 rings (SSSR count). The molecular formula is C14H9N3O. The van der Waals surface area contributed by atoms with Gasteiger partial charge in [0.25, 0.3) is 0 Å². The molecular weight excluding hydrogens is 226 g/mol. The lowest BCUT2D eigenvalue weighted by molar-refractivity contribution is 0.474. The SMILES string of the molecule is Cc1ccc(C#N)cc1Oc1cccnc1C#N. The van der Waals surface area contributed by atoms with Crippen LogP contribution >= 0.6 is 0 Å². The molecule has 0 amide bonds. The fourth-order valence-corrected chi connectivity index (χ4v) is 1.45. The number of pyridine rings is 1. The van der Waals surface area contributed by atoms with Gasteiger partial charge in [0.1, 0.15) is 11.8 Å². The highest BCUT2D eigenvalue weighted by Crippen LogP contribution is 2.27. The summed E-state index contributed by atoms with van der Waals surface area (Å²) in [5.74, 6) is 0.941. The maximum Gasteiger partial charge on any atom is 0.183 e. The molecule has 0 N–H and O–H groups in total. The van der Waals surface area contributed by atoms with Crippen LogP contribution in [0.4, 0.5) is 0 Å². The molecule has 4 heteroatoms. The molecule has 0 saturated carbocycles. The van der Waals surface area contributed by atoms with E-state index in [1.807, 2.05) is 19.1 Å². The summed E-state index contributed by atoms with van der Waals surface area (Å²) in [5, 5.41) is 17.8. The topological polar surface area (TPSA) is 69.7 Å². The summed E-state index contributed by atoms with van der Waals surface area (Å²) in [6.45, 7) is 1.87. The second-order valence-electron chi connectivity index (χ2n) is 3.66. The average molecular weight is 235 g/mol. The van der Waals surface area contributed by atoms with Crippen LogP contribution in [0.5, 0.6) is 11.5 Å². The zero-order chi connectivity index (χ0) is 13.0. The Morgan fingerprint density at radius 2 is 1.94 bits per heavy atom. The monoisotopic (exact) mass is 235 g/mol. The summed E-state index contributed by atoms with van der Waals surface area (Å²) < 4.78 is 5.64. The fourth-order valence-electron chi connectivity index (χ4n) is 1.45. The molecule has 0 aliphatic heterocycles. The summed E-state index contributed by atoms with van der Waals surface area (Å²) in [7, 11) is 0. The van der Waals surface area contributed by atoms with E-state index in [4.69, 9.17) is 15.3 Å². The maximum atomic E-state index is 8.92. The minimum absolute atomic E-state index is 0.222. The van der Waals surface area contributed by atoms with E-state index >= 15 is 0 Å². The maximum absolute atomic E-state index is 8.92. The first-order chi connectivity index (χ1) is 8.74. The van der Waals surface area contributed by atoms with Gasteiger partial charge in [-0.3, -0.25) is 0 Å². The molecule has 1 heterocycles. The van der Waals surface area contributed by atoms with Crippen LogP contribution in [0.15, 0.2) is 36.5 Å². The molecule has 1 aromatic carbocycles. The van der Waals surface area contributed by atoms with Crippen molar-refractivity contribution in [3.05, 3.63) is 53.3 Å². The lowest BCUT2D eigenvalue weighted by Gasteiger charge is -2.09. The number of hydrogen-bond acceptors (Lipinski definition) is 4. The van der Waals surface area contributed by atoms with Gasteiger partial charge in [-0.2, -0.15) is 10.5 Å². The molecule has 0 atom stereocenters. The lowest BCUT2D eigenvalue weighted by Crippen LogP contribution is -1.93. The van der Waals surface area contributed by atoms with E-state index in [-0.39, 0.29) is 5.69 Å². The molecule has 4 nitrogen and oxygen atoms in total. The Balaban J connectivity index is 2.41. The number of ether oxygens (including phenoxy) is 1. The number of nitrogens with zero attached hydrogens (tertiary/aromatic N) is 3. The van der Waals surface area contributed by atoms with E-state index in [0.717, 1.165) is 5.56 Å². The van der Waals surface area contributed by atoms with Gasteiger partial charge in [0.05, 0.1) is 11.6 Å². The largest absolute Gasteiger partial charge is 0.454 e. The van der Waals surface area contributed by atoms with Gasteiger partial charge in [-0.1, -0.05) is 6.07 Å². The van der Waals surface area contributed by atoms with Gasteiger partial charge in [-0.25, -0.2) is 4.98 Å². The summed E-state index contributed by atoms with van der Waals surface area (Å²) in [6, 6.07) is 12.5. The van der Waals surface area contributed by atoms with E-state index < -0.39 is 0 Å². The number of nitriles is 2. The third-order valence-electron chi connectivity index (χ3n) is 2.41. The Morgan fingerprint density at radius 1 is 1.11 bits per heavy atom. The molecule has 0 bridgehead atoms. The van der Waals surface area contributed by atoms with Gasteiger partial charge in [0, 0.05) is 6.20 Å². The Hall–Kier alpha value is -2.85. The summed E-state index contributed by atoms with van der Waals surface area (Å²) in [4.78, 5) is 3.91. The van der Waals surface area contributed by atoms with Crippen LogP contribution in [0, 0.1) is 29.6 Å². The van der Waals surface area contributed by atoms with Crippen LogP contribution < -0.4 is 4.74 Å². The Bertz CT molecular complexity index is 665. The van der Waals surface area contributed by atoms with Gasteiger partial charge in [-0.05, 0) is 36.8 Å². The minimum atomic E-state index is 0.222. The number of hydrogen-bond donors (Lipinski definition) is 0. The van der Waals surface area contributed by atoms with Crippen LogP contribution in [0.25, 0.3) is 0 Å². The summed E-state index contributed by atoms with van der Waals surface area (Å²) in [6.07, 6.45) is 1.53. The molecule has 1 aromatic heterocycles. The fraction of sp³-hybridized carbons (Fsp3) is 0.0714. The van der Waals surface area contributed by atoms with Gasteiger partial charge in [0.15, 0.2) is 11.4 Å². The van der Waals surface area contributed by atoms with Crippen LogP contribution in [0.3, 0.4) is 0 Å². The van der Waals surface area contributed by atoms with Crippen molar-refractivity contribution in [2.24, 2.45) is 0 Å². The number of aromatic nitrogens is 1. The van der Waals surface area contributed by atoms with Gasteiger partial charge < -0.3 is 4.74 Å². The predicted molar refractivity (Wildman–Crippen MR) is 64.9 cm³/mol. The molecule has 86 valence electrons. The molecule has 0 unspecified atom stereocenters. The zero-order valence-electron chi connectivity index (χ0n) is 9.71. The van der Waals surface area contributed by atoms with Crippen molar-refractivity contribution in [2.45, 2.75) is 6.92 Å². The molecule has 2 aromatic rings. The van der Waals surface area contributed by atoms with Crippen molar-refractivity contribution in [1.82, 2.24) is 4.98 Å². The first-order valence-corrected chi connectivity index (χ1v) is 5.28. The number of aryl methyl sites for hydroxylation is 1. The van der Waals surface area contributed by atoms with Gasteiger partial charge in [0.2, 0.25) is 0 Å². The highest BCUT2D eigenvalue weighted by atomic mass is 16.5. The molecule has 18 heavy (non-hydrogen) atoms. The van der Waals surface area contributed by atoms with E-state index in [0.29, 0.717) is 17.1 Å². The van der Waals surface area contributed by atoms with Gasteiger partial charge >= 0.3 is 0 Å². The third-order valence-corrected chi connectivity index (χ3v) is 2.41. The van der Waals surface area contributed by atoms with Crippen molar-refractivity contribution in [2.75, 3.05) is 0 Å². The normalized spacial score (nSPS) is 9.28. The Morgan fingerprint density at radius 3 is 2.67 bits per heavy atom. The van der Waals surface area contributed by atoms with Crippen molar-refractivity contribution in [3.63, 3.8) is 0 Å². The smallest absolute Gasteiger partial charge is 0.183 e. The van der Waals surface area contributed by atoms with Crippen molar-refractivity contribution < 1.29 is 4.74 Å². The standard InChI is InChI=1S/C14H9N3O/c1-10-4-5-11(8-15)7-14(10)18-13-3-2-6-17-12(13)9-16/h2-7H,1H3. The van der Waals surface area contributed by atoms with Crippen LogP contribution in [-0.4, -0.2) is 4.98 Å². The lowest BCUT2D eigenvalue weighted by atomic mass is 10.1. The first kappa shape index (κ1) is 11.6. The van der Waals surface area contributed by atoms with E-state index in [1.54, 1.807) is 30.3 Å². The van der Waals surface area contributed by atoms with Crippen LogP contribution in [0.1, 0.15) is 16.8 Å². The molecule has 0 radical (unpaired) electrons. The molecule has 0 aliphatic carbocycles. The third kappa shape index (κ3) is 2.28. The van der Waals surface area contributed by atoms with Crippen molar-refractivity contribution in [3.8, 4) is 23.6 Å². The Kier molecular flexibility index (Phi) is 3.22.